The van der Waals surface area contributed by atoms with E-state index in [0.29, 0.717) is 11.0 Å². The SMILES string of the molecule is Fc1cccc(CSc2nnc(C34CC5CC(CC(C5)C3)C4)o2)c1. The first-order valence-electron chi connectivity index (χ1n) is 8.90. The highest BCUT2D eigenvalue weighted by Gasteiger charge is 2.54. The van der Waals surface area contributed by atoms with Gasteiger partial charge in [-0.25, -0.2) is 4.39 Å². The van der Waals surface area contributed by atoms with Crippen molar-refractivity contribution in [2.24, 2.45) is 17.8 Å². The molecule has 0 radical (unpaired) electrons. The van der Waals surface area contributed by atoms with E-state index in [2.05, 4.69) is 10.2 Å². The van der Waals surface area contributed by atoms with E-state index in [0.717, 1.165) is 29.2 Å². The number of aromatic nitrogens is 2. The third-order valence-corrected chi connectivity index (χ3v) is 7.04. The third-order valence-electron chi connectivity index (χ3n) is 6.15. The highest BCUT2D eigenvalue weighted by molar-refractivity contribution is 7.98. The Labute approximate surface area is 145 Å². The fourth-order valence-corrected chi connectivity index (χ4v) is 6.33. The summed E-state index contributed by atoms with van der Waals surface area (Å²) in [6.45, 7) is 0. The summed E-state index contributed by atoms with van der Waals surface area (Å²) in [5.74, 6) is 3.92. The summed E-state index contributed by atoms with van der Waals surface area (Å²) in [6, 6.07) is 6.68. The van der Waals surface area contributed by atoms with Crippen molar-refractivity contribution in [1.82, 2.24) is 10.2 Å². The second-order valence-electron chi connectivity index (χ2n) is 7.99. The van der Waals surface area contributed by atoms with Gasteiger partial charge in [-0.3, -0.25) is 0 Å². The van der Waals surface area contributed by atoms with Crippen LogP contribution >= 0.6 is 11.8 Å². The quantitative estimate of drug-likeness (QED) is 0.734. The summed E-state index contributed by atoms with van der Waals surface area (Å²) in [5.41, 5.74) is 1.09. The van der Waals surface area contributed by atoms with Crippen LogP contribution in [-0.4, -0.2) is 10.2 Å². The van der Waals surface area contributed by atoms with Crippen molar-refractivity contribution in [2.75, 3.05) is 0 Å². The fourth-order valence-electron chi connectivity index (χ4n) is 5.63. The summed E-state index contributed by atoms with van der Waals surface area (Å²) in [6.07, 6.45) is 7.93. The van der Waals surface area contributed by atoms with Crippen molar-refractivity contribution >= 4 is 11.8 Å². The molecule has 126 valence electrons. The number of benzene rings is 1. The van der Waals surface area contributed by atoms with E-state index in [4.69, 9.17) is 4.42 Å². The molecule has 1 heterocycles. The molecule has 3 nitrogen and oxygen atoms in total. The van der Waals surface area contributed by atoms with Crippen LogP contribution in [0.2, 0.25) is 0 Å². The topological polar surface area (TPSA) is 38.9 Å². The normalized spacial score (nSPS) is 34.0. The molecule has 0 N–H and O–H groups in total. The van der Waals surface area contributed by atoms with Crippen molar-refractivity contribution < 1.29 is 8.81 Å². The van der Waals surface area contributed by atoms with Gasteiger partial charge in [-0.1, -0.05) is 23.9 Å². The van der Waals surface area contributed by atoms with Crippen LogP contribution in [0.15, 0.2) is 33.9 Å². The van der Waals surface area contributed by atoms with E-state index in [1.54, 1.807) is 12.1 Å². The zero-order valence-corrected chi connectivity index (χ0v) is 14.4. The lowest BCUT2D eigenvalue weighted by Crippen LogP contribution is -2.48. The Morgan fingerprint density at radius 3 is 2.46 bits per heavy atom. The van der Waals surface area contributed by atoms with Gasteiger partial charge in [-0.05, 0) is 74.0 Å². The highest BCUT2D eigenvalue weighted by atomic mass is 32.2. The van der Waals surface area contributed by atoms with Crippen molar-refractivity contribution in [3.8, 4) is 0 Å². The fraction of sp³-hybridized carbons (Fsp3) is 0.579. The Hall–Kier alpha value is -1.36. The van der Waals surface area contributed by atoms with Crippen LogP contribution in [0.3, 0.4) is 0 Å². The zero-order chi connectivity index (χ0) is 16.1. The summed E-state index contributed by atoms with van der Waals surface area (Å²) in [4.78, 5) is 0. The molecule has 4 bridgehead atoms. The van der Waals surface area contributed by atoms with Crippen molar-refractivity contribution in [2.45, 2.75) is 54.9 Å². The van der Waals surface area contributed by atoms with Gasteiger partial charge in [0.05, 0.1) is 0 Å². The summed E-state index contributed by atoms with van der Waals surface area (Å²) in [5, 5.41) is 9.30. The van der Waals surface area contributed by atoms with Gasteiger partial charge in [0, 0.05) is 11.2 Å². The van der Waals surface area contributed by atoms with E-state index in [1.807, 2.05) is 6.07 Å². The van der Waals surface area contributed by atoms with Crippen LogP contribution in [0.5, 0.6) is 0 Å². The van der Waals surface area contributed by atoms with Gasteiger partial charge < -0.3 is 4.42 Å². The minimum absolute atomic E-state index is 0.152. The molecule has 4 fully saturated rings. The number of rotatable bonds is 4. The first-order chi connectivity index (χ1) is 11.7. The third kappa shape index (κ3) is 2.57. The number of halogens is 1. The van der Waals surface area contributed by atoms with Gasteiger partial charge in [0.1, 0.15) is 5.82 Å². The average molecular weight is 344 g/mol. The van der Waals surface area contributed by atoms with Gasteiger partial charge in [0.15, 0.2) is 0 Å². The van der Waals surface area contributed by atoms with E-state index in [-0.39, 0.29) is 11.2 Å². The lowest BCUT2D eigenvalue weighted by molar-refractivity contribution is -0.0191. The molecule has 2 aromatic rings. The van der Waals surface area contributed by atoms with E-state index in [1.165, 1.54) is 56.4 Å². The molecule has 0 amide bonds. The first-order valence-corrected chi connectivity index (χ1v) is 9.88. The van der Waals surface area contributed by atoms with Crippen molar-refractivity contribution in [3.63, 3.8) is 0 Å². The largest absolute Gasteiger partial charge is 0.415 e. The van der Waals surface area contributed by atoms with Crippen LogP contribution in [0.1, 0.15) is 50.0 Å². The molecule has 4 aliphatic carbocycles. The molecule has 0 spiro atoms. The predicted molar refractivity (Wildman–Crippen MR) is 90.1 cm³/mol. The predicted octanol–water partition coefficient (Wildman–Crippen LogP) is 4.97. The average Bonchev–Trinajstić information content (AvgIpc) is 3.02. The Morgan fingerprint density at radius 2 is 1.79 bits per heavy atom. The first kappa shape index (κ1) is 14.9. The van der Waals surface area contributed by atoms with Gasteiger partial charge in [-0.2, -0.15) is 0 Å². The maximum Gasteiger partial charge on any atom is 0.276 e. The van der Waals surface area contributed by atoms with Crippen molar-refractivity contribution in [3.05, 3.63) is 41.5 Å². The molecule has 1 aromatic carbocycles. The van der Waals surface area contributed by atoms with Crippen LogP contribution in [-0.2, 0) is 11.2 Å². The van der Waals surface area contributed by atoms with Gasteiger partial charge in [0.25, 0.3) is 5.22 Å². The molecule has 0 atom stereocenters. The molecule has 0 unspecified atom stereocenters. The lowest BCUT2D eigenvalue weighted by atomic mass is 9.49. The Bertz CT molecular complexity index is 724. The van der Waals surface area contributed by atoms with E-state index < -0.39 is 0 Å². The summed E-state index contributed by atoms with van der Waals surface area (Å²) in [7, 11) is 0. The molecule has 5 heteroatoms. The van der Waals surface area contributed by atoms with E-state index in [9.17, 15) is 4.39 Å². The number of nitrogens with zero attached hydrogens (tertiary/aromatic N) is 2. The molecule has 4 aliphatic rings. The maximum absolute atomic E-state index is 13.3. The second-order valence-corrected chi connectivity index (χ2v) is 8.92. The number of hydrogen-bond acceptors (Lipinski definition) is 4. The van der Waals surface area contributed by atoms with Gasteiger partial charge >= 0.3 is 0 Å². The molecule has 0 aliphatic heterocycles. The highest BCUT2D eigenvalue weighted by Crippen LogP contribution is 2.60. The van der Waals surface area contributed by atoms with Gasteiger partial charge in [0.2, 0.25) is 5.89 Å². The van der Waals surface area contributed by atoms with Gasteiger partial charge in [-0.15, -0.1) is 10.2 Å². The summed E-state index contributed by atoms with van der Waals surface area (Å²) >= 11 is 1.50. The minimum atomic E-state index is -0.201. The lowest BCUT2D eigenvalue weighted by Gasteiger charge is -2.55. The standard InChI is InChI=1S/C19H21FN2OS/c20-16-3-1-2-12(7-16)11-24-18-22-21-17(23-18)19-8-13-4-14(9-19)6-15(5-13)10-19/h1-3,7,13-15H,4-6,8-11H2. The number of thioether (sulfide) groups is 1. The van der Waals surface area contributed by atoms with Crippen LogP contribution < -0.4 is 0 Å². The maximum atomic E-state index is 13.3. The molecular weight excluding hydrogens is 323 g/mol. The molecule has 1 aromatic heterocycles. The van der Waals surface area contributed by atoms with Crippen LogP contribution in [0.25, 0.3) is 0 Å². The minimum Gasteiger partial charge on any atom is -0.415 e. The molecule has 6 rings (SSSR count). The Morgan fingerprint density at radius 1 is 1.08 bits per heavy atom. The second kappa shape index (κ2) is 5.58. The Balaban J connectivity index is 1.32. The molecule has 24 heavy (non-hydrogen) atoms. The molecular formula is C19H21FN2OS. The molecule has 4 saturated carbocycles. The molecule has 0 saturated heterocycles. The monoisotopic (exact) mass is 344 g/mol. The van der Waals surface area contributed by atoms with Crippen LogP contribution in [0, 0.1) is 23.6 Å². The van der Waals surface area contributed by atoms with Crippen LogP contribution in [0.4, 0.5) is 4.39 Å². The Kier molecular flexibility index (Phi) is 3.47. The smallest absolute Gasteiger partial charge is 0.276 e. The number of hydrogen-bond donors (Lipinski definition) is 0. The van der Waals surface area contributed by atoms with Crippen molar-refractivity contribution in [1.29, 1.82) is 0 Å². The van der Waals surface area contributed by atoms with E-state index >= 15 is 0 Å². The zero-order valence-electron chi connectivity index (χ0n) is 13.6. The summed E-state index contributed by atoms with van der Waals surface area (Å²) < 4.78 is 19.3.